The summed E-state index contributed by atoms with van der Waals surface area (Å²) < 4.78 is 0. The molecule has 0 heterocycles. The molecule has 0 aliphatic heterocycles. The Hall–Kier alpha value is 1.49. The van der Waals surface area contributed by atoms with Crippen LogP contribution >= 0.6 is 0 Å². The molecule has 0 aliphatic rings. The standard InChI is InChI=1S/C2H3N.2Na/c1-2-3;;/h1H3;;. The second kappa shape index (κ2) is 17.9. The summed E-state index contributed by atoms with van der Waals surface area (Å²) in [7, 11) is 0. The van der Waals surface area contributed by atoms with E-state index in [1.165, 1.54) is 6.92 Å². The van der Waals surface area contributed by atoms with Crippen LogP contribution in [0.1, 0.15) is 6.92 Å². The van der Waals surface area contributed by atoms with Gasteiger partial charge in [-0.15, -0.1) is 0 Å². The molecule has 0 fully saturated rings. The molecule has 3 heteroatoms. The SMILES string of the molecule is CC#N.[Na].[Na]. The van der Waals surface area contributed by atoms with Crippen molar-refractivity contribution in [3.05, 3.63) is 0 Å². The normalized spacial score (nSPS) is 1.60. The molecule has 0 aromatic heterocycles. The van der Waals surface area contributed by atoms with Gasteiger partial charge in [0, 0.05) is 66.0 Å². The Kier molecular flexibility index (Phi) is 57.3. The van der Waals surface area contributed by atoms with Crippen LogP contribution in [0, 0.1) is 11.3 Å². The first-order chi connectivity index (χ1) is 1.41. The van der Waals surface area contributed by atoms with Crippen molar-refractivity contribution in [1.29, 1.82) is 5.26 Å². The van der Waals surface area contributed by atoms with E-state index < -0.39 is 0 Å². The second-order valence-corrected chi connectivity index (χ2v) is 0.224. The molecule has 5 heavy (non-hydrogen) atoms. The molecule has 18 valence electrons. The van der Waals surface area contributed by atoms with Gasteiger partial charge in [-0.1, -0.05) is 0 Å². The zero-order valence-corrected chi connectivity index (χ0v) is 7.95. The minimum Gasteiger partial charge on any atom is -0.199 e. The number of nitrogens with zero attached hydrogens (tertiary/aromatic N) is 1. The van der Waals surface area contributed by atoms with E-state index >= 15 is 0 Å². The predicted octanol–water partition coefficient (Wildman–Crippen LogP) is -0.232. The molecule has 0 rings (SSSR count). The van der Waals surface area contributed by atoms with E-state index in [0.717, 1.165) is 0 Å². The summed E-state index contributed by atoms with van der Waals surface area (Å²) in [5, 5.41) is 7.32. The quantitative estimate of drug-likeness (QED) is 0.374. The van der Waals surface area contributed by atoms with Crippen LogP contribution in [0.25, 0.3) is 0 Å². The van der Waals surface area contributed by atoms with Gasteiger partial charge in [0.15, 0.2) is 0 Å². The number of hydrogen-bond acceptors (Lipinski definition) is 1. The zero-order valence-electron chi connectivity index (χ0n) is 3.95. The fourth-order valence-electron chi connectivity index (χ4n) is 0. The molecule has 0 saturated heterocycles. The van der Waals surface area contributed by atoms with Crippen molar-refractivity contribution < 1.29 is 0 Å². The molecule has 0 aromatic carbocycles. The van der Waals surface area contributed by atoms with Crippen molar-refractivity contribution in [1.82, 2.24) is 0 Å². The molecule has 0 unspecified atom stereocenters. The van der Waals surface area contributed by atoms with Gasteiger partial charge in [0.25, 0.3) is 0 Å². The largest absolute Gasteiger partial charge is 0.199 e. The van der Waals surface area contributed by atoms with Crippen molar-refractivity contribution in [2.75, 3.05) is 0 Å². The van der Waals surface area contributed by atoms with Gasteiger partial charge in [-0.3, -0.25) is 0 Å². The Bertz CT molecular complexity index is 29.1. The maximum absolute atomic E-state index is 7.32. The third kappa shape index (κ3) is 30.1. The van der Waals surface area contributed by atoms with Gasteiger partial charge < -0.3 is 0 Å². The summed E-state index contributed by atoms with van der Waals surface area (Å²) in [5.41, 5.74) is 0. The minimum atomic E-state index is 0. The Morgan fingerprint density at radius 3 is 1.40 bits per heavy atom. The van der Waals surface area contributed by atoms with E-state index in [1.807, 2.05) is 0 Å². The molecule has 0 aromatic rings. The minimum absolute atomic E-state index is 0. The Labute approximate surface area is 76.3 Å². The average Bonchev–Trinajstić information content (AvgIpc) is 0.918. The first-order valence-electron chi connectivity index (χ1n) is 0.724. The molecule has 1 nitrogen and oxygen atoms in total. The van der Waals surface area contributed by atoms with Crippen LogP contribution < -0.4 is 0 Å². The summed E-state index contributed by atoms with van der Waals surface area (Å²) in [4.78, 5) is 0. The summed E-state index contributed by atoms with van der Waals surface area (Å²) in [5.74, 6) is 0. The zero-order chi connectivity index (χ0) is 2.71. The van der Waals surface area contributed by atoms with Crippen LogP contribution in [0.15, 0.2) is 0 Å². The Morgan fingerprint density at radius 2 is 1.40 bits per heavy atom. The van der Waals surface area contributed by atoms with Crippen molar-refractivity contribution in [2.45, 2.75) is 6.92 Å². The molecular weight excluding hydrogens is 84.0 g/mol. The molecule has 0 aliphatic carbocycles. The third-order valence-electron chi connectivity index (χ3n) is 0. The summed E-state index contributed by atoms with van der Waals surface area (Å²) in [6, 6.07) is 1.75. The van der Waals surface area contributed by atoms with Gasteiger partial charge in [0.05, 0.1) is 6.07 Å². The van der Waals surface area contributed by atoms with Crippen LogP contribution in [0.3, 0.4) is 0 Å². The van der Waals surface area contributed by atoms with Crippen LogP contribution in [0.5, 0.6) is 0 Å². The summed E-state index contributed by atoms with van der Waals surface area (Å²) in [6.07, 6.45) is 0. The molecule has 0 saturated carbocycles. The van der Waals surface area contributed by atoms with Crippen LogP contribution in [0.2, 0.25) is 0 Å². The molecule has 0 amide bonds. The molecule has 0 N–H and O–H groups in total. The van der Waals surface area contributed by atoms with Crippen molar-refractivity contribution in [3.8, 4) is 6.07 Å². The van der Waals surface area contributed by atoms with E-state index in [9.17, 15) is 0 Å². The molecule has 0 atom stereocenters. The molecule has 0 spiro atoms. The smallest absolute Gasteiger partial charge is 0.0587 e. The van der Waals surface area contributed by atoms with Gasteiger partial charge in [0.1, 0.15) is 0 Å². The van der Waals surface area contributed by atoms with E-state index in [2.05, 4.69) is 0 Å². The van der Waals surface area contributed by atoms with E-state index in [1.54, 1.807) is 6.07 Å². The molecule has 0 bridgehead atoms. The third-order valence-corrected chi connectivity index (χ3v) is 0. The maximum atomic E-state index is 7.32. The van der Waals surface area contributed by atoms with Gasteiger partial charge in [-0.2, -0.15) is 5.26 Å². The summed E-state index contributed by atoms with van der Waals surface area (Å²) >= 11 is 0. The van der Waals surface area contributed by atoms with Crippen molar-refractivity contribution in [2.24, 2.45) is 0 Å². The fraction of sp³-hybridized carbons (Fsp3) is 0.500. The topological polar surface area (TPSA) is 23.8 Å². The number of nitriles is 1. The van der Waals surface area contributed by atoms with E-state index in [0.29, 0.717) is 0 Å². The second-order valence-electron chi connectivity index (χ2n) is 0.224. The Morgan fingerprint density at radius 1 is 1.40 bits per heavy atom. The number of rotatable bonds is 0. The van der Waals surface area contributed by atoms with Crippen LogP contribution in [-0.2, 0) is 0 Å². The Balaban J connectivity index is -0.0000000200. The van der Waals surface area contributed by atoms with Crippen molar-refractivity contribution >= 4 is 59.1 Å². The van der Waals surface area contributed by atoms with Gasteiger partial charge in [-0.25, -0.2) is 0 Å². The summed E-state index contributed by atoms with van der Waals surface area (Å²) in [6.45, 7) is 1.43. The van der Waals surface area contributed by atoms with Crippen LogP contribution in [0.4, 0.5) is 0 Å². The van der Waals surface area contributed by atoms with E-state index in [4.69, 9.17) is 5.26 Å². The number of hydrogen-bond donors (Lipinski definition) is 0. The first-order valence-corrected chi connectivity index (χ1v) is 0.724. The fourth-order valence-corrected chi connectivity index (χ4v) is 0. The van der Waals surface area contributed by atoms with E-state index in [-0.39, 0.29) is 59.1 Å². The van der Waals surface area contributed by atoms with Crippen molar-refractivity contribution in [3.63, 3.8) is 0 Å². The monoisotopic (exact) mass is 87.0 g/mol. The van der Waals surface area contributed by atoms with Gasteiger partial charge >= 0.3 is 0 Å². The first kappa shape index (κ1) is 16.1. The average molecular weight is 87.0 g/mol. The van der Waals surface area contributed by atoms with Gasteiger partial charge in [-0.05, 0) is 0 Å². The molecular formula is C2H3NNa2. The van der Waals surface area contributed by atoms with Gasteiger partial charge in [0.2, 0.25) is 0 Å². The van der Waals surface area contributed by atoms with Crippen LogP contribution in [-0.4, -0.2) is 59.1 Å². The maximum Gasteiger partial charge on any atom is 0.0587 e. The predicted molar refractivity (Wildman–Crippen MR) is 22.8 cm³/mol. The molecule has 2 radical (unpaired) electrons.